The molecule has 54 valence electrons. The molecular weight excluding hydrogens is 133 g/mol. The standard InChI is InChI=1S/C7H8FNO/c1-5(10)6-2-3-9-4-7(6)8/h2-5,10H,1H3/t5-/m1/s1. The summed E-state index contributed by atoms with van der Waals surface area (Å²) >= 11 is 0. The minimum atomic E-state index is -0.761. The van der Waals surface area contributed by atoms with E-state index in [1.807, 2.05) is 0 Å². The molecule has 1 atom stereocenters. The third-order valence-corrected chi connectivity index (χ3v) is 1.25. The minimum absolute atomic E-state index is 0.287. The van der Waals surface area contributed by atoms with Crippen LogP contribution in [0.5, 0.6) is 0 Å². The Labute approximate surface area is 58.3 Å². The second-order valence-electron chi connectivity index (χ2n) is 2.07. The molecule has 0 saturated heterocycles. The van der Waals surface area contributed by atoms with E-state index in [9.17, 15) is 4.39 Å². The van der Waals surface area contributed by atoms with E-state index < -0.39 is 11.9 Å². The van der Waals surface area contributed by atoms with Gasteiger partial charge in [-0.15, -0.1) is 0 Å². The summed E-state index contributed by atoms with van der Waals surface area (Å²) in [6, 6.07) is 1.46. The summed E-state index contributed by atoms with van der Waals surface area (Å²) in [5, 5.41) is 8.94. The fraction of sp³-hybridized carbons (Fsp3) is 0.286. The monoisotopic (exact) mass is 141 g/mol. The molecule has 1 N–H and O–H groups in total. The average molecular weight is 141 g/mol. The van der Waals surface area contributed by atoms with Crippen molar-refractivity contribution in [1.82, 2.24) is 4.98 Å². The fourth-order valence-corrected chi connectivity index (χ4v) is 0.725. The van der Waals surface area contributed by atoms with Crippen LogP contribution in [0.4, 0.5) is 4.39 Å². The van der Waals surface area contributed by atoms with Gasteiger partial charge in [0, 0.05) is 11.8 Å². The maximum atomic E-state index is 12.6. The molecule has 0 unspecified atom stereocenters. The highest BCUT2D eigenvalue weighted by molar-refractivity contribution is 5.14. The van der Waals surface area contributed by atoms with Gasteiger partial charge in [-0.3, -0.25) is 4.98 Å². The van der Waals surface area contributed by atoms with Crippen molar-refractivity contribution < 1.29 is 9.50 Å². The quantitative estimate of drug-likeness (QED) is 0.639. The van der Waals surface area contributed by atoms with Crippen LogP contribution >= 0.6 is 0 Å². The summed E-state index contributed by atoms with van der Waals surface area (Å²) in [6.07, 6.45) is 1.77. The number of nitrogens with zero attached hydrogens (tertiary/aromatic N) is 1. The van der Waals surface area contributed by atoms with Crippen molar-refractivity contribution >= 4 is 0 Å². The molecule has 2 nitrogen and oxygen atoms in total. The molecule has 3 heteroatoms. The molecule has 0 aliphatic heterocycles. The smallest absolute Gasteiger partial charge is 0.147 e. The summed E-state index contributed by atoms with van der Waals surface area (Å²) in [5.41, 5.74) is 0.287. The average Bonchev–Trinajstić information content (AvgIpc) is 1.88. The molecule has 0 radical (unpaired) electrons. The molecule has 0 fully saturated rings. The van der Waals surface area contributed by atoms with E-state index in [0.29, 0.717) is 0 Å². The topological polar surface area (TPSA) is 33.1 Å². The second kappa shape index (κ2) is 2.75. The highest BCUT2D eigenvalue weighted by atomic mass is 19.1. The molecule has 1 rings (SSSR count). The van der Waals surface area contributed by atoms with Gasteiger partial charge in [-0.05, 0) is 13.0 Å². The van der Waals surface area contributed by atoms with Gasteiger partial charge in [0.05, 0.1) is 12.3 Å². The Bertz CT molecular complexity index is 225. The van der Waals surface area contributed by atoms with Gasteiger partial charge in [0.25, 0.3) is 0 Å². The summed E-state index contributed by atoms with van der Waals surface area (Å²) < 4.78 is 12.6. The van der Waals surface area contributed by atoms with Crippen LogP contribution in [-0.4, -0.2) is 10.1 Å². The lowest BCUT2D eigenvalue weighted by atomic mass is 10.2. The fourth-order valence-electron chi connectivity index (χ4n) is 0.725. The lowest BCUT2D eigenvalue weighted by Crippen LogP contribution is -1.95. The van der Waals surface area contributed by atoms with Crippen LogP contribution in [-0.2, 0) is 0 Å². The molecule has 1 aromatic heterocycles. The van der Waals surface area contributed by atoms with Gasteiger partial charge >= 0.3 is 0 Å². The Balaban J connectivity index is 3.03. The summed E-state index contributed by atoms with van der Waals surface area (Å²) in [5.74, 6) is -0.461. The molecule has 0 aromatic carbocycles. The van der Waals surface area contributed by atoms with E-state index in [4.69, 9.17) is 5.11 Å². The molecule has 1 heterocycles. The lowest BCUT2D eigenvalue weighted by molar-refractivity contribution is 0.194. The number of hydrogen-bond acceptors (Lipinski definition) is 2. The number of hydrogen-bond donors (Lipinski definition) is 1. The van der Waals surface area contributed by atoms with Gasteiger partial charge in [-0.2, -0.15) is 0 Å². The van der Waals surface area contributed by atoms with E-state index in [1.165, 1.54) is 19.2 Å². The molecule has 10 heavy (non-hydrogen) atoms. The van der Waals surface area contributed by atoms with Crippen LogP contribution in [0, 0.1) is 5.82 Å². The van der Waals surface area contributed by atoms with Crippen molar-refractivity contribution in [3.63, 3.8) is 0 Å². The SMILES string of the molecule is C[C@@H](O)c1ccncc1F. The van der Waals surface area contributed by atoms with Crippen molar-refractivity contribution in [2.45, 2.75) is 13.0 Å². The van der Waals surface area contributed by atoms with Crippen LogP contribution in [0.15, 0.2) is 18.5 Å². The first-order chi connectivity index (χ1) is 4.72. The molecule has 0 bridgehead atoms. The van der Waals surface area contributed by atoms with E-state index in [-0.39, 0.29) is 5.56 Å². The Hall–Kier alpha value is -0.960. The van der Waals surface area contributed by atoms with E-state index in [2.05, 4.69) is 4.98 Å². The largest absolute Gasteiger partial charge is 0.389 e. The molecule has 0 amide bonds. The Kier molecular flexibility index (Phi) is 1.97. The van der Waals surface area contributed by atoms with Gasteiger partial charge in [-0.25, -0.2) is 4.39 Å². The van der Waals surface area contributed by atoms with Crippen molar-refractivity contribution in [3.05, 3.63) is 29.8 Å². The molecule has 0 aliphatic rings. The van der Waals surface area contributed by atoms with Crippen molar-refractivity contribution in [2.24, 2.45) is 0 Å². The lowest BCUT2D eigenvalue weighted by Gasteiger charge is -2.03. The van der Waals surface area contributed by atoms with Crippen LogP contribution in [0.2, 0.25) is 0 Å². The van der Waals surface area contributed by atoms with E-state index in [1.54, 1.807) is 0 Å². The van der Waals surface area contributed by atoms with E-state index in [0.717, 1.165) is 6.20 Å². The highest BCUT2D eigenvalue weighted by Crippen LogP contribution is 2.13. The molecule has 0 saturated carbocycles. The van der Waals surface area contributed by atoms with Gasteiger partial charge in [0.15, 0.2) is 0 Å². The number of rotatable bonds is 1. The third kappa shape index (κ3) is 1.30. The van der Waals surface area contributed by atoms with Gasteiger partial charge < -0.3 is 5.11 Å². The Morgan fingerprint density at radius 1 is 1.70 bits per heavy atom. The molecule has 0 spiro atoms. The predicted octanol–water partition coefficient (Wildman–Crippen LogP) is 1.27. The van der Waals surface area contributed by atoms with Gasteiger partial charge in [-0.1, -0.05) is 0 Å². The molecular formula is C7H8FNO. The maximum Gasteiger partial charge on any atom is 0.147 e. The van der Waals surface area contributed by atoms with E-state index >= 15 is 0 Å². The van der Waals surface area contributed by atoms with Crippen molar-refractivity contribution in [1.29, 1.82) is 0 Å². The summed E-state index contributed by atoms with van der Waals surface area (Å²) in [6.45, 7) is 1.51. The first-order valence-electron chi connectivity index (χ1n) is 2.99. The third-order valence-electron chi connectivity index (χ3n) is 1.25. The number of aliphatic hydroxyl groups is 1. The number of aromatic nitrogens is 1. The summed E-state index contributed by atoms with van der Waals surface area (Å²) in [7, 11) is 0. The van der Waals surface area contributed by atoms with Crippen LogP contribution in [0.25, 0.3) is 0 Å². The Morgan fingerprint density at radius 2 is 2.40 bits per heavy atom. The minimum Gasteiger partial charge on any atom is -0.389 e. The first-order valence-corrected chi connectivity index (χ1v) is 2.99. The van der Waals surface area contributed by atoms with Crippen LogP contribution in [0.1, 0.15) is 18.6 Å². The zero-order valence-electron chi connectivity index (χ0n) is 5.58. The second-order valence-corrected chi connectivity index (χ2v) is 2.07. The number of aliphatic hydroxyl groups excluding tert-OH is 1. The predicted molar refractivity (Wildman–Crippen MR) is 34.8 cm³/mol. The van der Waals surface area contributed by atoms with Gasteiger partial charge in [0.1, 0.15) is 5.82 Å². The molecule has 0 aliphatic carbocycles. The molecule has 1 aromatic rings. The van der Waals surface area contributed by atoms with Crippen molar-refractivity contribution in [3.8, 4) is 0 Å². The number of halogens is 1. The van der Waals surface area contributed by atoms with Crippen LogP contribution in [0.3, 0.4) is 0 Å². The Morgan fingerprint density at radius 3 is 2.80 bits per heavy atom. The zero-order valence-corrected chi connectivity index (χ0v) is 5.58. The normalized spacial score (nSPS) is 13.1. The van der Waals surface area contributed by atoms with Crippen molar-refractivity contribution in [2.75, 3.05) is 0 Å². The highest BCUT2D eigenvalue weighted by Gasteiger charge is 2.05. The van der Waals surface area contributed by atoms with Crippen LogP contribution < -0.4 is 0 Å². The van der Waals surface area contributed by atoms with Gasteiger partial charge in [0.2, 0.25) is 0 Å². The summed E-state index contributed by atoms with van der Waals surface area (Å²) in [4.78, 5) is 3.54. The first kappa shape index (κ1) is 7.15. The number of pyridine rings is 1. The maximum absolute atomic E-state index is 12.6. The zero-order chi connectivity index (χ0) is 7.56.